The zero-order valence-electron chi connectivity index (χ0n) is 10.8. The molecule has 108 valence electrons. The molecule has 1 saturated heterocycles. The van der Waals surface area contributed by atoms with Crippen LogP contribution in [0.3, 0.4) is 0 Å². The summed E-state index contributed by atoms with van der Waals surface area (Å²) in [5, 5.41) is 12.1. The van der Waals surface area contributed by atoms with Crippen molar-refractivity contribution >= 4 is 23.5 Å². The Hall–Kier alpha value is -1.66. The van der Waals surface area contributed by atoms with Crippen molar-refractivity contribution in [3.63, 3.8) is 0 Å². The zero-order chi connectivity index (χ0) is 14.6. The van der Waals surface area contributed by atoms with Crippen molar-refractivity contribution in [1.29, 1.82) is 0 Å². The first-order valence-electron chi connectivity index (χ1n) is 6.25. The molecule has 1 aromatic heterocycles. The molecule has 1 aliphatic heterocycles. The third kappa shape index (κ3) is 3.08. The van der Waals surface area contributed by atoms with Crippen LogP contribution in [0.25, 0.3) is 0 Å². The van der Waals surface area contributed by atoms with Crippen molar-refractivity contribution in [2.45, 2.75) is 12.8 Å². The van der Waals surface area contributed by atoms with Gasteiger partial charge in [0.1, 0.15) is 5.15 Å². The Kier molecular flexibility index (Phi) is 4.57. The number of aromatic nitrogens is 1. The van der Waals surface area contributed by atoms with Gasteiger partial charge in [-0.1, -0.05) is 11.6 Å². The van der Waals surface area contributed by atoms with E-state index in [1.807, 2.05) is 0 Å². The maximum Gasteiger partial charge on any atom is 0.311 e. The number of amides is 1. The lowest BCUT2D eigenvalue weighted by molar-refractivity contribution is -0.154. The minimum absolute atomic E-state index is 0.0513. The van der Waals surface area contributed by atoms with Crippen LogP contribution in [0.1, 0.15) is 23.2 Å². The third-order valence-electron chi connectivity index (χ3n) is 3.49. The molecule has 20 heavy (non-hydrogen) atoms. The first-order chi connectivity index (χ1) is 9.55. The minimum Gasteiger partial charge on any atom is -0.481 e. The number of nitrogens with one attached hydrogen (secondary N) is 1. The summed E-state index contributed by atoms with van der Waals surface area (Å²) in [5.41, 5.74) is -0.732. The second-order valence-electron chi connectivity index (χ2n) is 4.72. The van der Waals surface area contributed by atoms with E-state index in [4.69, 9.17) is 16.3 Å². The smallest absolute Gasteiger partial charge is 0.311 e. The number of rotatable bonds is 4. The van der Waals surface area contributed by atoms with Gasteiger partial charge in [0.05, 0.1) is 11.0 Å². The maximum absolute atomic E-state index is 12.0. The van der Waals surface area contributed by atoms with Crippen LogP contribution in [-0.4, -0.2) is 41.7 Å². The number of carboxylic acids is 1. The van der Waals surface area contributed by atoms with Gasteiger partial charge in [0.2, 0.25) is 0 Å². The van der Waals surface area contributed by atoms with Gasteiger partial charge < -0.3 is 15.2 Å². The summed E-state index contributed by atoms with van der Waals surface area (Å²) >= 11 is 5.83. The summed E-state index contributed by atoms with van der Waals surface area (Å²) in [6.07, 6.45) is 2.24. The number of hydrogen-bond acceptors (Lipinski definition) is 4. The van der Waals surface area contributed by atoms with Crippen molar-refractivity contribution in [3.8, 4) is 0 Å². The Bertz CT molecular complexity index is 515. The van der Waals surface area contributed by atoms with Crippen molar-refractivity contribution in [1.82, 2.24) is 10.3 Å². The molecule has 0 atom stereocenters. The molecule has 2 heterocycles. The Morgan fingerprint density at radius 2 is 2.15 bits per heavy atom. The standard InChI is InChI=1S/C13H15ClN2O4/c14-10-9(2-1-5-15-10)11(17)16-8-13(12(18)19)3-6-20-7-4-13/h1-2,5H,3-4,6-8H2,(H,16,17)(H,18,19). The molecule has 0 saturated carbocycles. The van der Waals surface area contributed by atoms with E-state index < -0.39 is 17.3 Å². The summed E-state index contributed by atoms with van der Waals surface area (Å²) in [4.78, 5) is 27.3. The molecule has 0 spiro atoms. The van der Waals surface area contributed by atoms with Crippen LogP contribution in [0.4, 0.5) is 0 Å². The molecule has 0 bridgehead atoms. The lowest BCUT2D eigenvalue weighted by atomic mass is 9.80. The van der Waals surface area contributed by atoms with Gasteiger partial charge in [-0.3, -0.25) is 9.59 Å². The number of nitrogens with zero attached hydrogens (tertiary/aromatic N) is 1. The molecule has 0 aliphatic carbocycles. The molecule has 7 heteroatoms. The van der Waals surface area contributed by atoms with E-state index in [0.717, 1.165) is 0 Å². The highest BCUT2D eigenvalue weighted by molar-refractivity contribution is 6.32. The van der Waals surface area contributed by atoms with Crippen LogP contribution in [0.15, 0.2) is 18.3 Å². The summed E-state index contributed by atoms with van der Waals surface area (Å²) in [6.45, 7) is 0.821. The van der Waals surface area contributed by atoms with E-state index in [0.29, 0.717) is 26.1 Å². The van der Waals surface area contributed by atoms with Gasteiger partial charge in [-0.05, 0) is 25.0 Å². The van der Waals surface area contributed by atoms with E-state index >= 15 is 0 Å². The minimum atomic E-state index is -0.970. The number of ether oxygens (including phenoxy) is 1. The average molecular weight is 299 g/mol. The molecule has 0 radical (unpaired) electrons. The van der Waals surface area contributed by atoms with Gasteiger partial charge in [0, 0.05) is 26.0 Å². The summed E-state index contributed by atoms with van der Waals surface area (Å²) in [7, 11) is 0. The lowest BCUT2D eigenvalue weighted by Crippen LogP contribution is -2.46. The quantitative estimate of drug-likeness (QED) is 0.819. The van der Waals surface area contributed by atoms with Gasteiger partial charge in [-0.25, -0.2) is 4.98 Å². The van der Waals surface area contributed by atoms with Crippen LogP contribution >= 0.6 is 11.6 Å². The number of carboxylic acid groups (broad SMARTS) is 1. The van der Waals surface area contributed by atoms with Crippen molar-refractivity contribution in [2.75, 3.05) is 19.8 Å². The van der Waals surface area contributed by atoms with E-state index in [1.54, 1.807) is 12.1 Å². The molecule has 0 unspecified atom stereocenters. The summed E-state index contributed by atoms with van der Waals surface area (Å²) in [6, 6.07) is 3.14. The van der Waals surface area contributed by atoms with E-state index in [-0.39, 0.29) is 17.3 Å². The van der Waals surface area contributed by atoms with Crippen molar-refractivity contribution in [2.24, 2.45) is 5.41 Å². The van der Waals surface area contributed by atoms with Crippen molar-refractivity contribution < 1.29 is 19.4 Å². The van der Waals surface area contributed by atoms with Gasteiger partial charge in [0.15, 0.2) is 0 Å². The highest BCUT2D eigenvalue weighted by Crippen LogP contribution is 2.30. The summed E-state index contributed by atoms with van der Waals surface area (Å²) in [5.74, 6) is -1.34. The van der Waals surface area contributed by atoms with Crippen molar-refractivity contribution in [3.05, 3.63) is 29.0 Å². The van der Waals surface area contributed by atoms with Crippen LogP contribution < -0.4 is 5.32 Å². The summed E-state index contributed by atoms with van der Waals surface area (Å²) < 4.78 is 5.18. The zero-order valence-corrected chi connectivity index (χ0v) is 11.5. The van der Waals surface area contributed by atoms with Gasteiger partial charge >= 0.3 is 5.97 Å². The average Bonchev–Trinajstić information content (AvgIpc) is 2.46. The van der Waals surface area contributed by atoms with Gasteiger partial charge in [-0.15, -0.1) is 0 Å². The molecule has 1 fully saturated rings. The van der Waals surface area contributed by atoms with Gasteiger partial charge in [0.25, 0.3) is 5.91 Å². The largest absolute Gasteiger partial charge is 0.481 e. The molecular formula is C13H15ClN2O4. The highest BCUT2D eigenvalue weighted by atomic mass is 35.5. The van der Waals surface area contributed by atoms with Crippen LogP contribution in [0.2, 0.25) is 5.15 Å². The second-order valence-corrected chi connectivity index (χ2v) is 5.08. The molecule has 2 rings (SSSR count). The third-order valence-corrected chi connectivity index (χ3v) is 3.80. The van der Waals surface area contributed by atoms with Crippen LogP contribution in [0, 0.1) is 5.41 Å². The molecule has 1 aromatic rings. The fourth-order valence-corrected chi connectivity index (χ4v) is 2.33. The topological polar surface area (TPSA) is 88.5 Å². The Morgan fingerprint density at radius 1 is 1.45 bits per heavy atom. The van der Waals surface area contributed by atoms with Gasteiger partial charge in [-0.2, -0.15) is 0 Å². The first kappa shape index (κ1) is 14.7. The van der Waals surface area contributed by atoms with E-state index in [1.165, 1.54) is 6.20 Å². The Balaban J connectivity index is 2.05. The number of hydrogen-bond donors (Lipinski definition) is 2. The van der Waals surface area contributed by atoms with E-state index in [2.05, 4.69) is 10.3 Å². The lowest BCUT2D eigenvalue weighted by Gasteiger charge is -2.33. The SMILES string of the molecule is O=C(NCC1(C(=O)O)CCOCC1)c1cccnc1Cl. The normalized spacial score (nSPS) is 17.4. The molecule has 1 aliphatic rings. The second kappa shape index (κ2) is 6.19. The highest BCUT2D eigenvalue weighted by Gasteiger charge is 2.40. The predicted octanol–water partition coefficient (Wildman–Crippen LogP) is 1.35. The number of carbonyl (C=O) groups excluding carboxylic acids is 1. The number of aliphatic carboxylic acids is 1. The molecule has 1 amide bonds. The first-order valence-corrected chi connectivity index (χ1v) is 6.63. The Labute approximate surface area is 121 Å². The number of halogens is 1. The van der Waals surface area contributed by atoms with Crippen LogP contribution in [0.5, 0.6) is 0 Å². The Morgan fingerprint density at radius 3 is 2.75 bits per heavy atom. The molecule has 6 nitrogen and oxygen atoms in total. The fraction of sp³-hybridized carbons (Fsp3) is 0.462. The fourth-order valence-electron chi connectivity index (χ4n) is 2.13. The number of pyridine rings is 1. The predicted molar refractivity (Wildman–Crippen MR) is 71.7 cm³/mol. The van der Waals surface area contributed by atoms with Crippen LogP contribution in [-0.2, 0) is 9.53 Å². The molecule has 0 aromatic carbocycles. The molecule has 2 N–H and O–H groups in total. The molecular weight excluding hydrogens is 284 g/mol. The maximum atomic E-state index is 12.0. The monoisotopic (exact) mass is 298 g/mol. The number of carbonyl (C=O) groups is 2. The van der Waals surface area contributed by atoms with E-state index in [9.17, 15) is 14.7 Å².